The highest BCUT2D eigenvalue weighted by Crippen LogP contribution is 2.19. The van der Waals surface area contributed by atoms with Crippen LogP contribution < -0.4 is 10.2 Å². The zero-order chi connectivity index (χ0) is 11.4. The number of thiazole rings is 1. The summed E-state index contributed by atoms with van der Waals surface area (Å²) in [6, 6.07) is 1.96. The molecule has 86 valence electrons. The Morgan fingerprint density at radius 1 is 1.44 bits per heavy atom. The summed E-state index contributed by atoms with van der Waals surface area (Å²) in [5.74, 6) is 0. The van der Waals surface area contributed by atoms with Crippen molar-refractivity contribution in [2.75, 3.05) is 19.0 Å². The summed E-state index contributed by atoms with van der Waals surface area (Å²) in [5.41, 5.74) is 1.16. The third kappa shape index (κ3) is 2.84. The van der Waals surface area contributed by atoms with E-state index in [0.29, 0.717) is 0 Å². The highest BCUT2D eigenvalue weighted by atomic mass is 32.1. The van der Waals surface area contributed by atoms with E-state index in [4.69, 9.17) is 4.42 Å². The molecule has 2 aromatic rings. The first-order chi connectivity index (χ1) is 7.75. The fourth-order valence-corrected chi connectivity index (χ4v) is 2.11. The van der Waals surface area contributed by atoms with Crippen molar-refractivity contribution in [2.45, 2.75) is 13.1 Å². The first kappa shape index (κ1) is 11.2. The van der Waals surface area contributed by atoms with Gasteiger partial charge in [0.2, 0.25) is 0 Å². The van der Waals surface area contributed by atoms with Crippen LogP contribution in [0.4, 0.5) is 5.13 Å². The zero-order valence-corrected chi connectivity index (χ0v) is 10.3. The molecule has 0 aliphatic rings. The lowest BCUT2D eigenvalue weighted by Gasteiger charge is -2.05. The molecule has 4 nitrogen and oxygen atoms in total. The van der Waals surface area contributed by atoms with E-state index in [1.54, 1.807) is 23.9 Å². The summed E-state index contributed by atoms with van der Waals surface area (Å²) in [6.07, 6.45) is 5.36. The van der Waals surface area contributed by atoms with Gasteiger partial charge >= 0.3 is 0 Å². The minimum absolute atomic E-state index is 0.825. The quantitative estimate of drug-likeness (QED) is 0.864. The minimum Gasteiger partial charge on any atom is -0.472 e. The van der Waals surface area contributed by atoms with Gasteiger partial charge in [-0.05, 0) is 6.07 Å². The molecule has 2 heterocycles. The van der Waals surface area contributed by atoms with E-state index in [-0.39, 0.29) is 0 Å². The lowest BCUT2D eigenvalue weighted by molar-refractivity contribution is 0.560. The van der Waals surface area contributed by atoms with Crippen LogP contribution in [0.2, 0.25) is 0 Å². The van der Waals surface area contributed by atoms with Crippen LogP contribution in [0, 0.1) is 0 Å². The van der Waals surface area contributed by atoms with Gasteiger partial charge < -0.3 is 14.6 Å². The summed E-state index contributed by atoms with van der Waals surface area (Å²) in [5, 5.41) is 4.39. The van der Waals surface area contributed by atoms with E-state index < -0.39 is 0 Å². The second-order valence-electron chi connectivity index (χ2n) is 3.74. The molecule has 0 aromatic carbocycles. The summed E-state index contributed by atoms with van der Waals surface area (Å²) in [7, 11) is 4.00. The van der Waals surface area contributed by atoms with Crippen LogP contribution in [0.5, 0.6) is 0 Å². The molecular formula is C11H15N3OS. The van der Waals surface area contributed by atoms with Gasteiger partial charge in [0.1, 0.15) is 0 Å². The Labute approximate surface area is 98.9 Å². The van der Waals surface area contributed by atoms with Crippen LogP contribution in [0.3, 0.4) is 0 Å². The fraction of sp³-hybridized carbons (Fsp3) is 0.364. The number of rotatable bonds is 5. The van der Waals surface area contributed by atoms with Gasteiger partial charge in [0.05, 0.1) is 12.5 Å². The normalized spacial score (nSPS) is 10.6. The Kier molecular flexibility index (Phi) is 3.58. The van der Waals surface area contributed by atoms with E-state index >= 15 is 0 Å². The van der Waals surface area contributed by atoms with Crippen LogP contribution in [-0.4, -0.2) is 19.1 Å². The molecule has 0 bridgehead atoms. The molecule has 0 amide bonds. The lowest BCUT2D eigenvalue weighted by atomic mass is 10.3. The highest BCUT2D eigenvalue weighted by Gasteiger charge is 2.03. The Morgan fingerprint density at radius 2 is 2.31 bits per heavy atom. The van der Waals surface area contributed by atoms with Crippen molar-refractivity contribution in [1.82, 2.24) is 10.3 Å². The van der Waals surface area contributed by atoms with Crippen molar-refractivity contribution in [3.8, 4) is 0 Å². The van der Waals surface area contributed by atoms with E-state index in [0.717, 1.165) is 23.8 Å². The van der Waals surface area contributed by atoms with Gasteiger partial charge in [0.25, 0.3) is 0 Å². The molecule has 0 radical (unpaired) electrons. The summed E-state index contributed by atoms with van der Waals surface area (Å²) in [6.45, 7) is 1.67. The highest BCUT2D eigenvalue weighted by molar-refractivity contribution is 7.15. The number of hydrogen-bond acceptors (Lipinski definition) is 5. The molecule has 1 N–H and O–H groups in total. The second-order valence-corrected chi connectivity index (χ2v) is 4.83. The molecule has 0 saturated heterocycles. The Balaban J connectivity index is 1.81. The van der Waals surface area contributed by atoms with Crippen molar-refractivity contribution in [3.63, 3.8) is 0 Å². The first-order valence-electron chi connectivity index (χ1n) is 5.09. The average molecular weight is 237 g/mol. The predicted molar refractivity (Wildman–Crippen MR) is 65.7 cm³/mol. The van der Waals surface area contributed by atoms with Crippen molar-refractivity contribution in [3.05, 3.63) is 35.2 Å². The first-order valence-corrected chi connectivity index (χ1v) is 5.91. The van der Waals surface area contributed by atoms with Crippen LogP contribution >= 0.6 is 11.3 Å². The van der Waals surface area contributed by atoms with Gasteiger partial charge in [-0.25, -0.2) is 4.98 Å². The standard InChI is InChI=1S/C11H15N3OS/c1-14(2)11-13-7-10(16-11)6-12-5-9-3-4-15-8-9/h3-4,7-8,12H,5-6H2,1-2H3. The van der Waals surface area contributed by atoms with E-state index in [9.17, 15) is 0 Å². The molecular weight excluding hydrogens is 222 g/mol. The molecule has 0 aliphatic carbocycles. The smallest absolute Gasteiger partial charge is 0.185 e. The molecule has 0 fully saturated rings. The van der Waals surface area contributed by atoms with Gasteiger partial charge in [-0.15, -0.1) is 11.3 Å². The Bertz CT molecular complexity index is 422. The van der Waals surface area contributed by atoms with Gasteiger partial charge in [0, 0.05) is 43.8 Å². The molecule has 0 spiro atoms. The van der Waals surface area contributed by atoms with Crippen LogP contribution in [0.25, 0.3) is 0 Å². The van der Waals surface area contributed by atoms with Crippen LogP contribution in [-0.2, 0) is 13.1 Å². The molecule has 0 atom stereocenters. The lowest BCUT2D eigenvalue weighted by Crippen LogP contribution is -2.11. The Hall–Kier alpha value is -1.33. The third-order valence-corrected chi connectivity index (χ3v) is 3.30. The van der Waals surface area contributed by atoms with Crippen LogP contribution in [0.1, 0.15) is 10.4 Å². The topological polar surface area (TPSA) is 41.3 Å². The molecule has 5 heteroatoms. The number of furan rings is 1. The van der Waals surface area contributed by atoms with Crippen molar-refractivity contribution >= 4 is 16.5 Å². The molecule has 0 aliphatic heterocycles. The van der Waals surface area contributed by atoms with Gasteiger partial charge in [-0.2, -0.15) is 0 Å². The van der Waals surface area contributed by atoms with Crippen molar-refractivity contribution < 1.29 is 4.42 Å². The molecule has 2 aromatic heterocycles. The zero-order valence-electron chi connectivity index (χ0n) is 9.43. The second kappa shape index (κ2) is 5.14. The number of nitrogens with zero attached hydrogens (tertiary/aromatic N) is 2. The summed E-state index contributed by atoms with van der Waals surface area (Å²) >= 11 is 1.71. The summed E-state index contributed by atoms with van der Waals surface area (Å²) in [4.78, 5) is 7.58. The van der Waals surface area contributed by atoms with Gasteiger partial charge in [-0.1, -0.05) is 0 Å². The maximum atomic E-state index is 5.00. The molecule has 0 saturated carbocycles. The molecule has 0 unspecified atom stereocenters. The summed E-state index contributed by atoms with van der Waals surface area (Å²) < 4.78 is 5.00. The molecule has 16 heavy (non-hydrogen) atoms. The largest absolute Gasteiger partial charge is 0.472 e. The third-order valence-electron chi connectivity index (χ3n) is 2.13. The maximum absolute atomic E-state index is 5.00. The number of aromatic nitrogens is 1. The SMILES string of the molecule is CN(C)c1ncc(CNCc2ccoc2)s1. The van der Waals surface area contributed by atoms with E-state index in [1.807, 2.05) is 31.3 Å². The Morgan fingerprint density at radius 3 is 2.94 bits per heavy atom. The van der Waals surface area contributed by atoms with Gasteiger partial charge in [-0.3, -0.25) is 0 Å². The number of anilines is 1. The van der Waals surface area contributed by atoms with E-state index in [1.165, 1.54) is 4.88 Å². The van der Waals surface area contributed by atoms with Gasteiger partial charge in [0.15, 0.2) is 5.13 Å². The molecule has 2 rings (SSSR count). The number of hydrogen-bond donors (Lipinski definition) is 1. The maximum Gasteiger partial charge on any atom is 0.185 e. The van der Waals surface area contributed by atoms with E-state index in [2.05, 4.69) is 10.3 Å². The minimum atomic E-state index is 0.825. The fourth-order valence-electron chi connectivity index (χ4n) is 1.31. The predicted octanol–water partition coefficient (Wildman–Crippen LogP) is 2.09. The van der Waals surface area contributed by atoms with Crippen molar-refractivity contribution in [1.29, 1.82) is 0 Å². The monoisotopic (exact) mass is 237 g/mol. The average Bonchev–Trinajstić information content (AvgIpc) is 2.87. The van der Waals surface area contributed by atoms with Crippen LogP contribution in [0.15, 0.2) is 29.2 Å². The number of nitrogens with one attached hydrogen (secondary N) is 1. The van der Waals surface area contributed by atoms with Crippen molar-refractivity contribution in [2.24, 2.45) is 0 Å².